The van der Waals surface area contributed by atoms with Crippen LogP contribution in [0, 0.1) is 0 Å². The van der Waals surface area contributed by atoms with Crippen LogP contribution in [0.2, 0.25) is 0 Å². The van der Waals surface area contributed by atoms with Crippen molar-refractivity contribution in [2.24, 2.45) is 0 Å². The summed E-state index contributed by atoms with van der Waals surface area (Å²) in [6.07, 6.45) is -35.3. The molecule has 0 spiro atoms. The van der Waals surface area contributed by atoms with Gasteiger partial charge in [-0.15, -0.1) is 0 Å². The second kappa shape index (κ2) is 15.6. The first-order chi connectivity index (χ1) is 21.3. The van der Waals surface area contributed by atoms with Crippen LogP contribution in [-0.4, -0.2) is 221 Å². The number of hydrogen-bond donors (Lipinski definition) is 14. The van der Waals surface area contributed by atoms with Gasteiger partial charge < -0.3 is 105 Å². The Hall–Kier alpha value is -0.840. The fraction of sp³-hybridized carbons (Fsp3) is 1.00. The van der Waals surface area contributed by atoms with Gasteiger partial charge >= 0.3 is 0 Å². The van der Waals surface area contributed by atoms with Crippen LogP contribution < -0.4 is 0 Å². The Morgan fingerprint density at radius 1 is 0.311 bits per heavy atom. The molecule has 0 radical (unpaired) electrons. The van der Waals surface area contributed by atoms with Gasteiger partial charge in [0.15, 0.2) is 25.2 Å². The molecular weight excluding hydrogens is 624 g/mol. The van der Waals surface area contributed by atoms with E-state index in [0.717, 1.165) is 0 Å². The van der Waals surface area contributed by atoms with Gasteiger partial charge in [-0.25, -0.2) is 0 Å². The van der Waals surface area contributed by atoms with E-state index in [9.17, 15) is 71.5 Å². The molecule has 0 aromatic carbocycles. The van der Waals surface area contributed by atoms with Crippen molar-refractivity contribution in [1.29, 1.82) is 0 Å². The van der Waals surface area contributed by atoms with Crippen LogP contribution >= 0.6 is 0 Å². The summed E-state index contributed by atoms with van der Waals surface area (Å²) in [6, 6.07) is 0. The van der Waals surface area contributed by atoms with E-state index in [1.807, 2.05) is 0 Å². The Morgan fingerprint density at radius 3 is 0.889 bits per heavy atom. The minimum Gasteiger partial charge on any atom is -0.394 e. The number of aliphatic hydroxyl groups excluding tert-OH is 14. The lowest BCUT2D eigenvalue weighted by Gasteiger charge is -2.48. The van der Waals surface area contributed by atoms with Crippen LogP contribution in [0.3, 0.4) is 0 Å². The standard InChI is InChI=1S/C24H42O21/c25-1-5-9(29)11(31)15(35)21(39-5)43-19-7(3-27)41-23(17(37)13(19)33)45-24-18(38)14(34)20(8(4-28)42-24)44-22-16(36)12(32)10(30)6(2-26)40-22/h5-38H,1-4H2/t5-,6-,7-,8-,9-,10-,11+,12+,13-,14-,15-,16-,17-,18-,19-,20-,21-,22-,23-,24-/m1/s1. The van der Waals surface area contributed by atoms with Crippen LogP contribution in [0.5, 0.6) is 0 Å². The van der Waals surface area contributed by atoms with Crippen LogP contribution in [0.25, 0.3) is 0 Å². The molecule has 0 saturated carbocycles. The van der Waals surface area contributed by atoms with Crippen molar-refractivity contribution in [3.05, 3.63) is 0 Å². The zero-order chi connectivity index (χ0) is 33.3. The minimum atomic E-state index is -2.02. The molecular formula is C24H42O21. The molecule has 264 valence electrons. The van der Waals surface area contributed by atoms with Gasteiger partial charge in [0.05, 0.1) is 26.4 Å². The van der Waals surface area contributed by atoms with E-state index >= 15 is 0 Å². The van der Waals surface area contributed by atoms with Crippen LogP contribution in [0.4, 0.5) is 0 Å². The molecule has 0 aromatic heterocycles. The largest absolute Gasteiger partial charge is 0.394 e. The normalized spacial score (nSPS) is 52.9. The molecule has 4 aliphatic heterocycles. The predicted molar refractivity (Wildman–Crippen MR) is 134 cm³/mol. The lowest BCUT2D eigenvalue weighted by atomic mass is 9.96. The summed E-state index contributed by atoms with van der Waals surface area (Å²) < 4.78 is 37.8. The third-order valence-electron chi connectivity index (χ3n) is 8.19. The van der Waals surface area contributed by atoms with E-state index in [-0.39, 0.29) is 0 Å². The zero-order valence-electron chi connectivity index (χ0n) is 23.5. The van der Waals surface area contributed by atoms with Crippen molar-refractivity contribution in [1.82, 2.24) is 0 Å². The van der Waals surface area contributed by atoms with E-state index in [1.54, 1.807) is 0 Å². The summed E-state index contributed by atoms with van der Waals surface area (Å²) in [7, 11) is 0. The molecule has 4 rings (SSSR count). The molecule has 14 N–H and O–H groups in total. The summed E-state index contributed by atoms with van der Waals surface area (Å²) in [5.74, 6) is 0. The van der Waals surface area contributed by atoms with Crippen molar-refractivity contribution in [2.75, 3.05) is 26.4 Å². The monoisotopic (exact) mass is 666 g/mol. The average Bonchev–Trinajstić information content (AvgIpc) is 3.03. The van der Waals surface area contributed by atoms with Gasteiger partial charge in [0.2, 0.25) is 0 Å². The lowest BCUT2D eigenvalue weighted by Crippen LogP contribution is -2.67. The average molecular weight is 667 g/mol. The molecule has 0 amide bonds. The Balaban J connectivity index is 1.41. The Labute approximate surface area is 254 Å². The van der Waals surface area contributed by atoms with Crippen molar-refractivity contribution >= 4 is 0 Å². The van der Waals surface area contributed by atoms with Gasteiger partial charge in [0.25, 0.3) is 0 Å². The topological polar surface area (TPSA) is 348 Å². The minimum absolute atomic E-state index is 0.782. The molecule has 21 nitrogen and oxygen atoms in total. The highest BCUT2D eigenvalue weighted by Gasteiger charge is 2.54. The SMILES string of the molecule is OC[C@H]1O[C@H](O[C@H]2[C@H](O)[C@@H](O)[C@@H](O[C@H]3O[C@H](CO)[C@@H](O[C@H]4O[C@H](CO)[C@@H](O)[C@H](O)[C@H]4O)[C@H](O)[C@H]3O)O[C@@H]2CO)[C@H](O)[C@@H](O)[C@@H]1O. The molecule has 0 unspecified atom stereocenters. The smallest absolute Gasteiger partial charge is 0.189 e. The van der Waals surface area contributed by atoms with Gasteiger partial charge in [-0.3, -0.25) is 0 Å². The Kier molecular flexibility index (Phi) is 12.8. The third kappa shape index (κ3) is 7.44. The van der Waals surface area contributed by atoms with Crippen molar-refractivity contribution < 1.29 is 105 Å². The summed E-state index contributed by atoms with van der Waals surface area (Å²) >= 11 is 0. The third-order valence-corrected chi connectivity index (χ3v) is 8.19. The van der Waals surface area contributed by atoms with E-state index < -0.39 is 149 Å². The van der Waals surface area contributed by atoms with E-state index in [4.69, 9.17) is 33.2 Å². The first-order valence-corrected chi connectivity index (χ1v) is 14.1. The molecule has 45 heavy (non-hydrogen) atoms. The fourth-order valence-electron chi connectivity index (χ4n) is 5.47. The lowest BCUT2D eigenvalue weighted by molar-refractivity contribution is -0.400. The second-order valence-electron chi connectivity index (χ2n) is 11.1. The van der Waals surface area contributed by atoms with Crippen LogP contribution in [0.15, 0.2) is 0 Å². The van der Waals surface area contributed by atoms with Gasteiger partial charge in [-0.05, 0) is 0 Å². The number of ether oxygens (including phenoxy) is 7. The highest BCUT2D eigenvalue weighted by molar-refractivity contribution is 4.97. The van der Waals surface area contributed by atoms with Crippen LogP contribution in [-0.2, 0) is 33.2 Å². The molecule has 4 fully saturated rings. The van der Waals surface area contributed by atoms with Crippen molar-refractivity contribution in [3.8, 4) is 0 Å². The second-order valence-corrected chi connectivity index (χ2v) is 11.1. The Morgan fingerprint density at radius 2 is 0.578 bits per heavy atom. The van der Waals surface area contributed by atoms with Gasteiger partial charge in [-0.2, -0.15) is 0 Å². The molecule has 4 heterocycles. The highest BCUT2D eigenvalue weighted by atomic mass is 16.8. The molecule has 21 heteroatoms. The fourth-order valence-corrected chi connectivity index (χ4v) is 5.47. The molecule has 4 aliphatic rings. The molecule has 0 aromatic rings. The summed E-state index contributed by atoms with van der Waals surface area (Å²) in [6.45, 7) is -3.35. The molecule has 0 bridgehead atoms. The maximum absolute atomic E-state index is 10.8. The van der Waals surface area contributed by atoms with E-state index in [0.29, 0.717) is 0 Å². The quantitative estimate of drug-likeness (QED) is 0.103. The summed E-state index contributed by atoms with van der Waals surface area (Å²) in [4.78, 5) is 0. The molecule has 4 saturated heterocycles. The maximum atomic E-state index is 10.8. The Bertz CT molecular complexity index is 840. The zero-order valence-corrected chi connectivity index (χ0v) is 23.5. The van der Waals surface area contributed by atoms with Crippen molar-refractivity contribution in [2.45, 2.75) is 123 Å². The summed E-state index contributed by atoms with van der Waals surface area (Å²) in [5.41, 5.74) is 0. The molecule has 20 atom stereocenters. The van der Waals surface area contributed by atoms with E-state index in [2.05, 4.69) is 0 Å². The number of aliphatic hydroxyl groups is 14. The molecule has 0 aliphatic carbocycles. The van der Waals surface area contributed by atoms with Crippen molar-refractivity contribution in [3.63, 3.8) is 0 Å². The number of hydrogen-bond acceptors (Lipinski definition) is 21. The summed E-state index contributed by atoms with van der Waals surface area (Å²) in [5, 5.41) is 142. The predicted octanol–water partition coefficient (Wildman–Crippen LogP) is -9.75. The van der Waals surface area contributed by atoms with E-state index in [1.165, 1.54) is 0 Å². The number of rotatable bonds is 10. The highest BCUT2D eigenvalue weighted by Crippen LogP contribution is 2.33. The first-order valence-electron chi connectivity index (χ1n) is 14.1. The maximum Gasteiger partial charge on any atom is 0.189 e. The van der Waals surface area contributed by atoms with Gasteiger partial charge in [-0.1, -0.05) is 0 Å². The van der Waals surface area contributed by atoms with Gasteiger partial charge in [0, 0.05) is 0 Å². The van der Waals surface area contributed by atoms with Gasteiger partial charge in [0.1, 0.15) is 97.7 Å². The first kappa shape index (κ1) is 37.0. The van der Waals surface area contributed by atoms with Crippen LogP contribution in [0.1, 0.15) is 0 Å².